The number of fused-ring (bicyclic) bond motifs is 1. The van der Waals surface area contributed by atoms with E-state index >= 15 is 0 Å². The second-order valence-corrected chi connectivity index (χ2v) is 7.06. The zero-order valence-corrected chi connectivity index (χ0v) is 15.0. The van der Waals surface area contributed by atoms with E-state index in [9.17, 15) is 0 Å². The van der Waals surface area contributed by atoms with Gasteiger partial charge < -0.3 is 11.1 Å². The predicted molar refractivity (Wildman–Crippen MR) is 99.6 cm³/mol. The lowest BCUT2D eigenvalue weighted by Crippen LogP contribution is -2.25. The fourth-order valence-electron chi connectivity index (χ4n) is 3.60. The number of nitrogens with two attached hydrogens (primary N) is 1. The number of nitrogens with zero attached hydrogens (tertiary/aromatic N) is 3. The second-order valence-electron chi connectivity index (χ2n) is 7.06. The lowest BCUT2D eigenvalue weighted by atomic mass is 9.86. The first-order valence-corrected chi connectivity index (χ1v) is 9.09. The molecule has 24 heavy (non-hydrogen) atoms. The van der Waals surface area contributed by atoms with Crippen molar-refractivity contribution in [2.45, 2.75) is 52.5 Å². The van der Waals surface area contributed by atoms with Crippen molar-refractivity contribution in [2.75, 3.05) is 13.1 Å². The van der Waals surface area contributed by atoms with Gasteiger partial charge in [-0.1, -0.05) is 13.0 Å². The van der Waals surface area contributed by atoms with E-state index in [4.69, 9.17) is 10.7 Å². The average molecular weight is 327 g/mol. The Hall–Kier alpha value is -1.88. The SMILES string of the molecule is CC1CC(NCCN)=CC=C1C1=Nc2cnn(C(C)C)c2CCC1. The van der Waals surface area contributed by atoms with Gasteiger partial charge in [0.25, 0.3) is 0 Å². The maximum absolute atomic E-state index is 5.58. The van der Waals surface area contributed by atoms with Crippen LogP contribution in [-0.2, 0) is 6.42 Å². The van der Waals surface area contributed by atoms with Crippen LogP contribution < -0.4 is 11.1 Å². The van der Waals surface area contributed by atoms with Crippen LogP contribution >= 0.6 is 0 Å². The molecule has 2 heterocycles. The van der Waals surface area contributed by atoms with Gasteiger partial charge in [0, 0.05) is 30.5 Å². The summed E-state index contributed by atoms with van der Waals surface area (Å²) in [5.74, 6) is 0.482. The molecule has 5 nitrogen and oxygen atoms in total. The third kappa shape index (κ3) is 3.46. The molecule has 1 aromatic heterocycles. The summed E-state index contributed by atoms with van der Waals surface area (Å²) in [4.78, 5) is 5.00. The highest BCUT2D eigenvalue weighted by atomic mass is 15.3. The predicted octanol–water partition coefficient (Wildman–Crippen LogP) is 3.27. The van der Waals surface area contributed by atoms with Gasteiger partial charge in [-0.3, -0.25) is 4.68 Å². The summed E-state index contributed by atoms with van der Waals surface area (Å²) in [5.41, 5.74) is 11.8. The maximum atomic E-state index is 5.58. The Balaban J connectivity index is 1.87. The molecule has 0 fully saturated rings. The molecule has 0 bridgehead atoms. The zero-order chi connectivity index (χ0) is 17.1. The minimum Gasteiger partial charge on any atom is -0.387 e. The van der Waals surface area contributed by atoms with Crippen molar-refractivity contribution in [3.63, 3.8) is 0 Å². The summed E-state index contributed by atoms with van der Waals surface area (Å²) in [7, 11) is 0. The van der Waals surface area contributed by atoms with Crippen molar-refractivity contribution < 1.29 is 0 Å². The van der Waals surface area contributed by atoms with Crippen LogP contribution in [0.4, 0.5) is 5.69 Å². The third-order valence-corrected chi connectivity index (χ3v) is 4.80. The van der Waals surface area contributed by atoms with Gasteiger partial charge >= 0.3 is 0 Å². The molecule has 1 aromatic rings. The Morgan fingerprint density at radius 1 is 1.33 bits per heavy atom. The van der Waals surface area contributed by atoms with E-state index in [0.717, 1.165) is 37.9 Å². The van der Waals surface area contributed by atoms with Crippen molar-refractivity contribution in [1.82, 2.24) is 15.1 Å². The normalized spacial score (nSPS) is 20.9. The standard InChI is InChI=1S/C19H29N5/c1-13(2)24-19-6-4-5-17(23-18(19)12-22-24)16-8-7-15(11-14(16)3)21-10-9-20/h7-8,12-14,21H,4-6,9-11,20H2,1-3H3. The minimum absolute atomic E-state index is 0.387. The Labute approximate surface area is 144 Å². The smallest absolute Gasteiger partial charge is 0.104 e. The van der Waals surface area contributed by atoms with Crippen LogP contribution in [0.25, 0.3) is 0 Å². The first-order valence-electron chi connectivity index (χ1n) is 9.09. The first-order chi connectivity index (χ1) is 11.6. The molecule has 0 amide bonds. The largest absolute Gasteiger partial charge is 0.387 e. The van der Waals surface area contributed by atoms with E-state index in [0.29, 0.717) is 18.5 Å². The van der Waals surface area contributed by atoms with E-state index in [1.807, 2.05) is 6.20 Å². The highest BCUT2D eigenvalue weighted by Gasteiger charge is 2.23. The molecule has 2 aliphatic rings. The summed E-state index contributed by atoms with van der Waals surface area (Å²) >= 11 is 0. The molecule has 1 atom stereocenters. The van der Waals surface area contributed by atoms with Gasteiger partial charge in [-0.25, -0.2) is 4.99 Å². The van der Waals surface area contributed by atoms with Crippen LogP contribution in [-0.4, -0.2) is 28.6 Å². The molecule has 0 aromatic carbocycles. The van der Waals surface area contributed by atoms with Gasteiger partial charge in [-0.2, -0.15) is 5.10 Å². The number of allylic oxidation sites excluding steroid dienone is 4. The van der Waals surface area contributed by atoms with Crippen LogP contribution in [0.1, 0.15) is 51.8 Å². The molecule has 1 unspecified atom stereocenters. The van der Waals surface area contributed by atoms with Gasteiger partial charge in [0.15, 0.2) is 0 Å². The van der Waals surface area contributed by atoms with Gasteiger partial charge in [-0.15, -0.1) is 0 Å². The highest BCUT2D eigenvalue weighted by molar-refractivity contribution is 6.02. The third-order valence-electron chi connectivity index (χ3n) is 4.80. The lowest BCUT2D eigenvalue weighted by Gasteiger charge is -2.23. The number of nitrogens with one attached hydrogen (secondary N) is 1. The fraction of sp³-hybridized carbons (Fsp3) is 0.579. The van der Waals surface area contributed by atoms with Gasteiger partial charge in [0.2, 0.25) is 0 Å². The molecular weight excluding hydrogens is 298 g/mol. The number of hydrogen-bond donors (Lipinski definition) is 2. The van der Waals surface area contributed by atoms with E-state index < -0.39 is 0 Å². The maximum Gasteiger partial charge on any atom is 0.104 e. The highest BCUT2D eigenvalue weighted by Crippen LogP contribution is 2.32. The lowest BCUT2D eigenvalue weighted by molar-refractivity contribution is 0.507. The van der Waals surface area contributed by atoms with Crippen LogP contribution in [0.15, 0.2) is 34.6 Å². The van der Waals surface area contributed by atoms with E-state index in [1.165, 1.54) is 22.7 Å². The van der Waals surface area contributed by atoms with Gasteiger partial charge in [0.1, 0.15) is 5.69 Å². The molecule has 1 aliphatic heterocycles. The molecular formula is C19H29N5. The summed E-state index contributed by atoms with van der Waals surface area (Å²) < 4.78 is 2.12. The Kier molecular flexibility index (Phi) is 5.19. The van der Waals surface area contributed by atoms with Crippen molar-refractivity contribution in [3.05, 3.63) is 35.3 Å². The van der Waals surface area contributed by atoms with Crippen molar-refractivity contribution in [3.8, 4) is 0 Å². The Bertz CT molecular complexity index is 678. The van der Waals surface area contributed by atoms with E-state index in [1.54, 1.807) is 0 Å². The van der Waals surface area contributed by atoms with Crippen molar-refractivity contribution >= 4 is 11.4 Å². The van der Waals surface area contributed by atoms with E-state index in [2.05, 4.69) is 48.0 Å². The molecule has 3 rings (SSSR count). The monoisotopic (exact) mass is 327 g/mol. The zero-order valence-electron chi connectivity index (χ0n) is 15.0. The summed E-state index contributed by atoms with van der Waals surface area (Å²) in [5, 5.41) is 7.95. The van der Waals surface area contributed by atoms with Crippen LogP contribution in [0.3, 0.4) is 0 Å². The minimum atomic E-state index is 0.387. The van der Waals surface area contributed by atoms with Crippen molar-refractivity contribution in [2.24, 2.45) is 16.6 Å². The number of aromatic nitrogens is 2. The first kappa shape index (κ1) is 17.0. The molecule has 1 aliphatic carbocycles. The number of aliphatic imine (C=N–C) groups is 1. The average Bonchev–Trinajstić information content (AvgIpc) is 2.84. The second kappa shape index (κ2) is 7.34. The summed E-state index contributed by atoms with van der Waals surface area (Å²) in [6, 6.07) is 0.387. The van der Waals surface area contributed by atoms with Crippen LogP contribution in [0.5, 0.6) is 0 Å². The Morgan fingerprint density at radius 2 is 2.17 bits per heavy atom. The Morgan fingerprint density at radius 3 is 2.88 bits per heavy atom. The van der Waals surface area contributed by atoms with E-state index in [-0.39, 0.29) is 0 Å². The number of hydrogen-bond acceptors (Lipinski definition) is 4. The molecule has 0 saturated heterocycles. The quantitative estimate of drug-likeness (QED) is 0.872. The summed E-state index contributed by atoms with van der Waals surface area (Å²) in [6.45, 7) is 8.14. The fourth-order valence-corrected chi connectivity index (χ4v) is 3.60. The van der Waals surface area contributed by atoms with Crippen LogP contribution in [0, 0.1) is 5.92 Å². The van der Waals surface area contributed by atoms with Gasteiger partial charge in [-0.05, 0) is 57.1 Å². The summed E-state index contributed by atoms with van der Waals surface area (Å²) in [6.07, 6.45) is 10.6. The van der Waals surface area contributed by atoms with Crippen molar-refractivity contribution in [1.29, 1.82) is 0 Å². The molecule has 3 N–H and O–H groups in total. The molecule has 0 saturated carbocycles. The molecule has 130 valence electrons. The molecule has 5 heteroatoms. The number of rotatable bonds is 5. The molecule has 0 radical (unpaired) electrons. The topological polar surface area (TPSA) is 68.2 Å². The molecule has 0 spiro atoms. The van der Waals surface area contributed by atoms with Gasteiger partial charge in [0.05, 0.1) is 11.9 Å². The van der Waals surface area contributed by atoms with Crippen LogP contribution in [0.2, 0.25) is 0 Å².